The Hall–Kier alpha value is -5.04. The second-order valence-corrected chi connectivity index (χ2v) is 9.87. The first-order valence-electron chi connectivity index (χ1n) is 13.4. The quantitative estimate of drug-likeness (QED) is 0.0677. The van der Waals surface area contributed by atoms with Crippen LogP contribution in [0, 0.1) is 10.1 Å². The van der Waals surface area contributed by atoms with Crippen LogP contribution in [0.25, 0.3) is 10.8 Å². The van der Waals surface area contributed by atoms with Crippen LogP contribution in [0.5, 0.6) is 0 Å². The number of hydrogen-bond acceptors (Lipinski definition) is 7. The highest BCUT2D eigenvalue weighted by Crippen LogP contribution is 2.20. The summed E-state index contributed by atoms with van der Waals surface area (Å²) in [6, 6.07) is 20.1. The molecule has 42 heavy (non-hydrogen) atoms. The lowest BCUT2D eigenvalue weighted by atomic mass is 9.98. The predicted octanol–water partition coefficient (Wildman–Crippen LogP) is 0.326. The monoisotopic (exact) mass is 576 g/mol. The van der Waals surface area contributed by atoms with Crippen molar-refractivity contribution in [2.75, 3.05) is 13.6 Å². The van der Waals surface area contributed by atoms with Crippen molar-refractivity contribution >= 4 is 34.5 Å². The third-order valence-corrected chi connectivity index (χ3v) is 6.66. The zero-order valence-corrected chi connectivity index (χ0v) is 23.3. The fraction of sp³-hybridized carbons (Fsp3) is 0.310. The first kappa shape index (κ1) is 31.5. The van der Waals surface area contributed by atoms with E-state index >= 15 is 0 Å². The van der Waals surface area contributed by atoms with Crippen molar-refractivity contribution in [3.05, 3.63) is 94.0 Å². The van der Waals surface area contributed by atoms with Crippen molar-refractivity contribution in [3.63, 3.8) is 0 Å². The third kappa shape index (κ3) is 8.73. The number of hydrogen-bond donors (Lipinski definition) is 6. The van der Waals surface area contributed by atoms with Crippen LogP contribution in [-0.4, -0.2) is 59.9 Å². The minimum absolute atomic E-state index is 0.102. The predicted molar refractivity (Wildman–Crippen MR) is 160 cm³/mol. The van der Waals surface area contributed by atoms with Gasteiger partial charge < -0.3 is 33.2 Å². The number of likely N-dealkylation sites (N-methyl/N-ethyl adjacent to an activating group) is 1. The van der Waals surface area contributed by atoms with Gasteiger partial charge in [-0.05, 0) is 28.3 Å². The van der Waals surface area contributed by atoms with Crippen molar-refractivity contribution in [2.24, 2.45) is 22.2 Å². The topological polar surface area (TPSA) is 221 Å². The normalized spacial score (nSPS) is 13.7. The molecule has 13 heteroatoms. The molecule has 0 fully saturated rings. The van der Waals surface area contributed by atoms with Crippen LogP contribution < -0.4 is 33.2 Å². The van der Waals surface area contributed by atoms with Crippen LogP contribution in [0.1, 0.15) is 24.0 Å². The number of nitrogens with zero attached hydrogens (tertiary/aromatic N) is 2. The maximum absolute atomic E-state index is 13.9. The molecule has 3 amide bonds. The molecule has 0 aliphatic heterocycles. The SMILES string of the molecule is CNC(=O)[C@H](Cc1ccc2ccccc2c1)NC(=O)[C@@](CCC[N+](=O)[O-])(N=C(N)N)NC(=O)[C@H](N)Cc1ccccc1. The van der Waals surface area contributed by atoms with Crippen LogP contribution >= 0.6 is 0 Å². The van der Waals surface area contributed by atoms with E-state index in [1.54, 1.807) is 24.3 Å². The lowest BCUT2D eigenvalue weighted by molar-refractivity contribution is -0.480. The molecule has 9 N–H and O–H groups in total. The molecule has 0 saturated carbocycles. The second-order valence-electron chi connectivity index (χ2n) is 9.87. The summed E-state index contributed by atoms with van der Waals surface area (Å²) < 4.78 is 0. The molecule has 222 valence electrons. The van der Waals surface area contributed by atoms with E-state index in [4.69, 9.17) is 17.2 Å². The molecule has 0 radical (unpaired) electrons. The molecular weight excluding hydrogens is 540 g/mol. The van der Waals surface area contributed by atoms with Crippen LogP contribution in [-0.2, 0) is 27.2 Å². The van der Waals surface area contributed by atoms with Gasteiger partial charge in [0.15, 0.2) is 5.96 Å². The van der Waals surface area contributed by atoms with E-state index in [1.807, 2.05) is 48.5 Å². The zero-order valence-electron chi connectivity index (χ0n) is 23.3. The highest BCUT2D eigenvalue weighted by atomic mass is 16.6. The summed E-state index contributed by atoms with van der Waals surface area (Å²) in [5.41, 5.74) is 16.9. The summed E-state index contributed by atoms with van der Waals surface area (Å²) in [6.45, 7) is -0.517. The molecule has 0 bridgehead atoms. The maximum Gasteiger partial charge on any atom is 0.269 e. The lowest BCUT2D eigenvalue weighted by Crippen LogP contribution is -2.64. The molecule has 0 saturated heterocycles. The number of fused-ring (bicyclic) bond motifs is 1. The number of nitrogens with two attached hydrogens (primary N) is 3. The van der Waals surface area contributed by atoms with Crippen molar-refractivity contribution in [3.8, 4) is 0 Å². The van der Waals surface area contributed by atoms with Gasteiger partial charge in [-0.15, -0.1) is 0 Å². The number of nitro groups is 1. The summed E-state index contributed by atoms with van der Waals surface area (Å²) in [5.74, 6) is -2.73. The number of nitrogens with one attached hydrogen (secondary N) is 3. The van der Waals surface area contributed by atoms with Crippen LogP contribution in [0.3, 0.4) is 0 Å². The number of benzene rings is 3. The van der Waals surface area contributed by atoms with Gasteiger partial charge in [-0.1, -0.05) is 72.8 Å². The van der Waals surface area contributed by atoms with Crippen molar-refractivity contribution in [1.82, 2.24) is 16.0 Å². The zero-order chi connectivity index (χ0) is 30.7. The van der Waals surface area contributed by atoms with Crippen LogP contribution in [0.15, 0.2) is 77.8 Å². The molecule has 3 rings (SSSR count). The van der Waals surface area contributed by atoms with Gasteiger partial charge in [0.1, 0.15) is 6.04 Å². The van der Waals surface area contributed by atoms with Crippen molar-refractivity contribution in [1.29, 1.82) is 0 Å². The van der Waals surface area contributed by atoms with E-state index in [2.05, 4.69) is 20.9 Å². The molecule has 13 nitrogen and oxygen atoms in total. The molecular formula is C29H36N8O5. The van der Waals surface area contributed by atoms with Gasteiger partial charge in [-0.2, -0.15) is 0 Å². The van der Waals surface area contributed by atoms with Crippen molar-refractivity contribution in [2.45, 2.75) is 43.4 Å². The average Bonchev–Trinajstić information content (AvgIpc) is 2.96. The van der Waals surface area contributed by atoms with Gasteiger partial charge in [0.2, 0.25) is 24.0 Å². The summed E-state index contributed by atoms with van der Waals surface area (Å²) in [4.78, 5) is 54.6. The molecule has 3 aromatic carbocycles. The Balaban J connectivity index is 1.92. The maximum atomic E-state index is 13.9. The van der Waals surface area contributed by atoms with Gasteiger partial charge >= 0.3 is 0 Å². The Morgan fingerprint density at radius 1 is 0.929 bits per heavy atom. The van der Waals surface area contributed by atoms with E-state index in [0.29, 0.717) is 0 Å². The summed E-state index contributed by atoms with van der Waals surface area (Å²) in [7, 11) is 1.42. The molecule has 3 aromatic rings. The van der Waals surface area contributed by atoms with E-state index in [1.165, 1.54) is 7.05 Å². The van der Waals surface area contributed by atoms with Crippen molar-refractivity contribution < 1.29 is 19.3 Å². The third-order valence-electron chi connectivity index (χ3n) is 6.66. The smallest absolute Gasteiger partial charge is 0.269 e. The number of guanidine groups is 1. The van der Waals surface area contributed by atoms with E-state index in [-0.39, 0.29) is 25.7 Å². The Morgan fingerprint density at radius 2 is 1.60 bits per heavy atom. The van der Waals surface area contributed by atoms with E-state index < -0.39 is 52.9 Å². The Bertz CT molecular complexity index is 1440. The number of carbonyl (C=O) groups excluding carboxylic acids is 3. The number of rotatable bonds is 14. The molecule has 0 aliphatic rings. The second kappa shape index (κ2) is 14.6. The summed E-state index contributed by atoms with van der Waals surface area (Å²) in [6.07, 6.45) is -0.257. The molecule has 0 spiro atoms. The molecule has 0 aromatic heterocycles. The fourth-order valence-corrected chi connectivity index (χ4v) is 4.57. The first-order chi connectivity index (χ1) is 20.0. The van der Waals surface area contributed by atoms with Crippen LogP contribution in [0.2, 0.25) is 0 Å². The highest BCUT2D eigenvalue weighted by Gasteiger charge is 2.42. The van der Waals surface area contributed by atoms with Gasteiger partial charge in [0, 0.05) is 31.2 Å². The minimum atomic E-state index is -2.17. The first-order valence-corrected chi connectivity index (χ1v) is 13.4. The van der Waals surface area contributed by atoms with Gasteiger partial charge in [0.05, 0.1) is 6.04 Å². The lowest BCUT2D eigenvalue weighted by Gasteiger charge is -2.32. The van der Waals surface area contributed by atoms with Gasteiger partial charge in [-0.25, -0.2) is 4.99 Å². The van der Waals surface area contributed by atoms with Gasteiger partial charge in [0.25, 0.3) is 5.91 Å². The standard InChI is InChI=1S/C29H36N8O5/c1-33-26(39)24(18-20-12-13-21-10-5-6-11-22(21)16-20)34-27(40)29(36-28(31)32,14-7-15-37(41)42)35-25(38)23(30)17-19-8-3-2-4-9-19/h2-6,8-13,16,23-24H,7,14-15,17-18,30H2,1H3,(H,33,39)(H,34,40)(H,35,38)(H4,31,32,36)/t23-,24+,29-/m1/s1. The minimum Gasteiger partial charge on any atom is -0.370 e. The van der Waals surface area contributed by atoms with E-state index in [9.17, 15) is 24.5 Å². The fourth-order valence-electron chi connectivity index (χ4n) is 4.57. The molecule has 0 heterocycles. The summed E-state index contributed by atoms with van der Waals surface area (Å²) in [5, 5.41) is 20.7. The largest absolute Gasteiger partial charge is 0.370 e. The van der Waals surface area contributed by atoms with E-state index in [0.717, 1.165) is 21.9 Å². The number of carbonyl (C=O) groups is 3. The Kier molecular flexibility index (Phi) is 10.9. The average molecular weight is 577 g/mol. The molecule has 0 unspecified atom stereocenters. The molecule has 0 aliphatic carbocycles. The molecule has 3 atom stereocenters. The Morgan fingerprint density at radius 3 is 2.24 bits per heavy atom. The van der Waals surface area contributed by atoms with Crippen LogP contribution in [0.4, 0.5) is 0 Å². The number of amides is 3. The summed E-state index contributed by atoms with van der Waals surface area (Å²) >= 11 is 0. The number of aliphatic imine (C=N–C) groups is 1. The Labute approximate surface area is 243 Å². The van der Waals surface area contributed by atoms with Gasteiger partial charge in [-0.3, -0.25) is 24.5 Å². The highest BCUT2D eigenvalue weighted by molar-refractivity contribution is 5.97.